The molecule has 0 aliphatic carbocycles. The van der Waals surface area contributed by atoms with Crippen molar-refractivity contribution >= 4 is 11.9 Å². The third-order valence-electron chi connectivity index (χ3n) is 6.22. The number of nitrogens with one attached hydrogen (secondary N) is 1. The quantitative estimate of drug-likeness (QED) is 0.425. The molecule has 3 aromatic rings. The standard InChI is InChI=1S/C27H34N4O5/c1-4-34-23-11-6-19(18-24(23)35-5-2)12-15-28-26(32)21-13-16-31(17-14-21)27-29-25(30-36-27)20-7-9-22(33-3)10-8-20/h6-11,18,21H,4-5,12-17H2,1-3H3,(H,28,32). The Morgan fingerprint density at radius 2 is 1.78 bits per heavy atom. The Bertz CT molecular complexity index is 1120. The number of amides is 1. The van der Waals surface area contributed by atoms with Crippen molar-refractivity contribution in [2.24, 2.45) is 5.92 Å². The van der Waals surface area contributed by atoms with Gasteiger partial charge in [0.05, 0.1) is 20.3 Å². The lowest BCUT2D eigenvalue weighted by molar-refractivity contribution is -0.125. The van der Waals surface area contributed by atoms with Gasteiger partial charge >= 0.3 is 6.01 Å². The van der Waals surface area contributed by atoms with Gasteiger partial charge in [-0.05, 0) is 75.1 Å². The Morgan fingerprint density at radius 1 is 1.06 bits per heavy atom. The summed E-state index contributed by atoms with van der Waals surface area (Å²) in [6.45, 7) is 7.03. The normalized spacial score (nSPS) is 13.9. The van der Waals surface area contributed by atoms with Gasteiger partial charge in [-0.2, -0.15) is 4.98 Å². The molecule has 2 aromatic carbocycles. The van der Waals surface area contributed by atoms with Gasteiger partial charge in [0.15, 0.2) is 11.5 Å². The summed E-state index contributed by atoms with van der Waals surface area (Å²) < 4.78 is 22.0. The minimum atomic E-state index is -0.0236. The molecule has 36 heavy (non-hydrogen) atoms. The van der Waals surface area contributed by atoms with E-state index in [-0.39, 0.29) is 11.8 Å². The van der Waals surface area contributed by atoms with Crippen molar-refractivity contribution in [2.45, 2.75) is 33.1 Å². The molecule has 1 N–H and O–H groups in total. The van der Waals surface area contributed by atoms with Crippen molar-refractivity contribution in [3.8, 4) is 28.6 Å². The SMILES string of the molecule is CCOc1ccc(CCNC(=O)C2CCN(c3nc(-c4ccc(OC)cc4)no3)CC2)cc1OCC. The van der Waals surface area contributed by atoms with Gasteiger partial charge in [-0.3, -0.25) is 4.79 Å². The van der Waals surface area contributed by atoms with Gasteiger partial charge in [0, 0.05) is 31.1 Å². The zero-order valence-corrected chi connectivity index (χ0v) is 21.2. The third kappa shape index (κ3) is 6.27. The van der Waals surface area contributed by atoms with Crippen LogP contribution in [0.15, 0.2) is 47.0 Å². The zero-order chi connectivity index (χ0) is 25.3. The largest absolute Gasteiger partial charge is 0.497 e. The first-order valence-electron chi connectivity index (χ1n) is 12.5. The molecule has 0 unspecified atom stereocenters. The van der Waals surface area contributed by atoms with Crippen LogP contribution >= 0.6 is 0 Å². The van der Waals surface area contributed by atoms with Crippen LogP contribution in [0.2, 0.25) is 0 Å². The Labute approximate surface area is 211 Å². The lowest BCUT2D eigenvalue weighted by atomic mass is 9.96. The average molecular weight is 495 g/mol. The Morgan fingerprint density at radius 3 is 2.47 bits per heavy atom. The molecule has 2 heterocycles. The van der Waals surface area contributed by atoms with Gasteiger partial charge in [-0.1, -0.05) is 11.2 Å². The molecular weight excluding hydrogens is 460 g/mol. The molecule has 192 valence electrons. The summed E-state index contributed by atoms with van der Waals surface area (Å²) in [5.74, 6) is 2.87. The van der Waals surface area contributed by atoms with E-state index in [1.165, 1.54) is 0 Å². The molecule has 1 saturated heterocycles. The van der Waals surface area contributed by atoms with E-state index >= 15 is 0 Å². The van der Waals surface area contributed by atoms with Crippen LogP contribution in [-0.4, -0.2) is 56.0 Å². The van der Waals surface area contributed by atoms with E-state index in [9.17, 15) is 4.79 Å². The van der Waals surface area contributed by atoms with Crippen molar-refractivity contribution in [3.05, 3.63) is 48.0 Å². The summed E-state index contributed by atoms with van der Waals surface area (Å²) in [6.07, 6.45) is 2.21. The summed E-state index contributed by atoms with van der Waals surface area (Å²) in [5.41, 5.74) is 1.96. The van der Waals surface area contributed by atoms with E-state index in [1.807, 2.05) is 61.2 Å². The number of carbonyl (C=O) groups is 1. The molecule has 9 heteroatoms. The van der Waals surface area contributed by atoms with E-state index in [0.717, 1.165) is 47.6 Å². The lowest BCUT2D eigenvalue weighted by Gasteiger charge is -2.29. The molecule has 1 amide bonds. The van der Waals surface area contributed by atoms with Gasteiger partial charge in [0.2, 0.25) is 11.7 Å². The number of ether oxygens (including phenoxy) is 3. The maximum atomic E-state index is 12.7. The van der Waals surface area contributed by atoms with Crippen LogP contribution in [0.5, 0.6) is 17.2 Å². The second-order valence-corrected chi connectivity index (χ2v) is 8.58. The number of hydrogen-bond donors (Lipinski definition) is 1. The molecule has 1 aromatic heterocycles. The second kappa shape index (κ2) is 12.3. The van der Waals surface area contributed by atoms with Crippen LogP contribution in [-0.2, 0) is 11.2 Å². The number of methoxy groups -OCH3 is 1. The third-order valence-corrected chi connectivity index (χ3v) is 6.22. The summed E-state index contributed by atoms with van der Waals surface area (Å²) in [6, 6.07) is 13.9. The molecule has 0 radical (unpaired) electrons. The number of nitrogens with zero attached hydrogens (tertiary/aromatic N) is 3. The van der Waals surface area contributed by atoms with Crippen LogP contribution in [0, 0.1) is 5.92 Å². The molecule has 0 spiro atoms. The Hall–Kier alpha value is -3.75. The van der Waals surface area contributed by atoms with E-state index in [1.54, 1.807) is 7.11 Å². The molecule has 1 aliphatic rings. The van der Waals surface area contributed by atoms with Gasteiger partial charge in [-0.15, -0.1) is 0 Å². The van der Waals surface area contributed by atoms with Crippen LogP contribution < -0.4 is 24.4 Å². The summed E-state index contributed by atoms with van der Waals surface area (Å²) >= 11 is 0. The summed E-state index contributed by atoms with van der Waals surface area (Å²) in [7, 11) is 1.63. The lowest BCUT2D eigenvalue weighted by Crippen LogP contribution is -2.41. The number of hydrogen-bond acceptors (Lipinski definition) is 8. The van der Waals surface area contributed by atoms with E-state index in [2.05, 4.69) is 15.5 Å². The molecule has 0 saturated carbocycles. The first kappa shape index (κ1) is 25.3. The van der Waals surface area contributed by atoms with Gasteiger partial charge in [0.1, 0.15) is 5.75 Å². The highest BCUT2D eigenvalue weighted by molar-refractivity contribution is 5.79. The van der Waals surface area contributed by atoms with Crippen LogP contribution in [0.1, 0.15) is 32.3 Å². The van der Waals surface area contributed by atoms with Gasteiger partial charge in [-0.25, -0.2) is 0 Å². The second-order valence-electron chi connectivity index (χ2n) is 8.58. The molecular formula is C27H34N4O5. The maximum Gasteiger partial charge on any atom is 0.324 e. The van der Waals surface area contributed by atoms with Crippen molar-refractivity contribution in [2.75, 3.05) is 44.9 Å². The first-order valence-corrected chi connectivity index (χ1v) is 12.5. The number of anilines is 1. The number of carbonyl (C=O) groups excluding carboxylic acids is 1. The molecule has 0 bridgehead atoms. The van der Waals surface area contributed by atoms with Crippen molar-refractivity contribution in [3.63, 3.8) is 0 Å². The minimum Gasteiger partial charge on any atom is -0.497 e. The monoisotopic (exact) mass is 494 g/mol. The fourth-order valence-corrected chi connectivity index (χ4v) is 4.26. The molecule has 1 aliphatic heterocycles. The highest BCUT2D eigenvalue weighted by atomic mass is 16.5. The molecule has 0 atom stereocenters. The molecule has 1 fully saturated rings. The molecule has 9 nitrogen and oxygen atoms in total. The number of benzene rings is 2. The summed E-state index contributed by atoms with van der Waals surface area (Å²) in [4.78, 5) is 19.3. The minimum absolute atomic E-state index is 0.0236. The van der Waals surface area contributed by atoms with Crippen LogP contribution in [0.4, 0.5) is 6.01 Å². The van der Waals surface area contributed by atoms with E-state index < -0.39 is 0 Å². The predicted molar refractivity (Wildman–Crippen MR) is 137 cm³/mol. The van der Waals surface area contributed by atoms with Crippen LogP contribution in [0.25, 0.3) is 11.4 Å². The highest BCUT2D eigenvalue weighted by Gasteiger charge is 2.27. The highest BCUT2D eigenvalue weighted by Crippen LogP contribution is 2.29. The van der Waals surface area contributed by atoms with E-state index in [0.29, 0.717) is 44.7 Å². The van der Waals surface area contributed by atoms with Crippen molar-refractivity contribution in [1.82, 2.24) is 15.5 Å². The van der Waals surface area contributed by atoms with Crippen LogP contribution in [0.3, 0.4) is 0 Å². The number of piperidine rings is 1. The van der Waals surface area contributed by atoms with Gasteiger partial charge in [0.25, 0.3) is 0 Å². The average Bonchev–Trinajstić information content (AvgIpc) is 3.41. The van der Waals surface area contributed by atoms with Crippen molar-refractivity contribution < 1.29 is 23.5 Å². The smallest absolute Gasteiger partial charge is 0.324 e. The number of rotatable bonds is 11. The Kier molecular flexibility index (Phi) is 8.65. The predicted octanol–water partition coefficient (Wildman–Crippen LogP) is 4.12. The number of aromatic nitrogens is 2. The maximum absolute atomic E-state index is 12.7. The fraction of sp³-hybridized carbons (Fsp3) is 0.444. The zero-order valence-electron chi connectivity index (χ0n) is 21.2. The molecule has 4 rings (SSSR count). The first-order chi connectivity index (χ1) is 17.6. The van der Waals surface area contributed by atoms with Gasteiger partial charge < -0.3 is 29.0 Å². The topological polar surface area (TPSA) is 99.0 Å². The summed E-state index contributed by atoms with van der Waals surface area (Å²) in [5, 5.41) is 7.20. The van der Waals surface area contributed by atoms with E-state index in [4.69, 9.17) is 18.7 Å². The van der Waals surface area contributed by atoms with Crippen molar-refractivity contribution in [1.29, 1.82) is 0 Å². The Balaban J connectivity index is 1.24. The fourth-order valence-electron chi connectivity index (χ4n) is 4.26.